The molecule has 2 heteroatoms. The van der Waals surface area contributed by atoms with Gasteiger partial charge in [0.2, 0.25) is 0 Å². The molecule has 0 heterocycles. The average molecular weight is 209 g/mol. The van der Waals surface area contributed by atoms with E-state index in [9.17, 15) is 4.39 Å². The molecule has 1 aromatic carbocycles. The molecule has 0 saturated heterocycles. The summed E-state index contributed by atoms with van der Waals surface area (Å²) in [7, 11) is 1.95. The molecule has 0 aliphatic rings. The fourth-order valence-corrected chi connectivity index (χ4v) is 1.74. The van der Waals surface area contributed by atoms with Crippen LogP contribution in [0.5, 0.6) is 0 Å². The second kappa shape index (κ2) is 4.75. The van der Waals surface area contributed by atoms with Gasteiger partial charge in [-0.05, 0) is 36.6 Å². The molecule has 0 spiro atoms. The van der Waals surface area contributed by atoms with Crippen molar-refractivity contribution in [2.45, 2.75) is 33.2 Å². The summed E-state index contributed by atoms with van der Waals surface area (Å²) in [6.07, 6.45) is 0.859. The molecule has 1 aromatic rings. The highest BCUT2D eigenvalue weighted by Crippen LogP contribution is 2.22. The molecule has 1 N–H and O–H groups in total. The van der Waals surface area contributed by atoms with Crippen molar-refractivity contribution < 1.29 is 4.39 Å². The van der Waals surface area contributed by atoms with E-state index in [-0.39, 0.29) is 11.2 Å². The number of benzene rings is 1. The van der Waals surface area contributed by atoms with Crippen LogP contribution in [0.25, 0.3) is 0 Å². The van der Waals surface area contributed by atoms with Gasteiger partial charge in [-0.25, -0.2) is 4.39 Å². The van der Waals surface area contributed by atoms with Crippen LogP contribution in [0.4, 0.5) is 4.39 Å². The smallest absolute Gasteiger partial charge is 0.123 e. The molecule has 15 heavy (non-hydrogen) atoms. The zero-order valence-corrected chi connectivity index (χ0v) is 9.97. The van der Waals surface area contributed by atoms with Crippen LogP contribution in [0.2, 0.25) is 0 Å². The Morgan fingerprint density at radius 2 is 2.00 bits per heavy atom. The van der Waals surface area contributed by atoms with Crippen molar-refractivity contribution in [2.24, 2.45) is 5.41 Å². The zero-order valence-electron chi connectivity index (χ0n) is 9.97. The third-order valence-corrected chi connectivity index (χ3v) is 2.72. The van der Waals surface area contributed by atoms with Gasteiger partial charge in [0, 0.05) is 6.04 Å². The number of hydrogen-bond donors (Lipinski definition) is 1. The standard InChI is InChI=1S/C13H20FN/c1-13(2,3)12(15-4)9-10-6-5-7-11(14)8-10/h5-8,12,15H,9H2,1-4H3. The largest absolute Gasteiger partial charge is 0.316 e. The van der Waals surface area contributed by atoms with Crippen LogP contribution >= 0.6 is 0 Å². The molecular formula is C13H20FN. The van der Waals surface area contributed by atoms with Gasteiger partial charge in [-0.3, -0.25) is 0 Å². The van der Waals surface area contributed by atoms with Gasteiger partial charge in [-0.2, -0.15) is 0 Å². The minimum atomic E-state index is -0.156. The normalized spacial score (nSPS) is 13.9. The Balaban J connectivity index is 2.76. The van der Waals surface area contributed by atoms with Crippen molar-refractivity contribution in [1.29, 1.82) is 0 Å². The summed E-state index contributed by atoms with van der Waals surface area (Å²) in [5, 5.41) is 3.29. The van der Waals surface area contributed by atoms with E-state index in [1.807, 2.05) is 13.1 Å². The summed E-state index contributed by atoms with van der Waals surface area (Å²) in [6, 6.07) is 7.18. The molecule has 0 amide bonds. The molecule has 0 radical (unpaired) electrons. The van der Waals surface area contributed by atoms with Crippen molar-refractivity contribution in [3.63, 3.8) is 0 Å². The van der Waals surface area contributed by atoms with Gasteiger partial charge in [0.05, 0.1) is 0 Å². The van der Waals surface area contributed by atoms with Gasteiger partial charge >= 0.3 is 0 Å². The summed E-state index contributed by atoms with van der Waals surface area (Å²) in [5.74, 6) is -0.156. The third-order valence-electron chi connectivity index (χ3n) is 2.72. The topological polar surface area (TPSA) is 12.0 Å². The maximum Gasteiger partial charge on any atom is 0.123 e. The summed E-state index contributed by atoms with van der Waals surface area (Å²) in [6.45, 7) is 6.56. The highest BCUT2D eigenvalue weighted by atomic mass is 19.1. The highest BCUT2D eigenvalue weighted by molar-refractivity contribution is 5.18. The first kappa shape index (κ1) is 12.2. The first-order chi connectivity index (χ1) is 6.93. The molecule has 0 fully saturated rings. The Morgan fingerprint density at radius 1 is 1.33 bits per heavy atom. The van der Waals surface area contributed by atoms with Crippen LogP contribution in [0.15, 0.2) is 24.3 Å². The SMILES string of the molecule is CNC(Cc1cccc(F)c1)C(C)(C)C. The number of likely N-dealkylation sites (N-methyl/N-ethyl adjacent to an activating group) is 1. The number of nitrogens with one attached hydrogen (secondary N) is 1. The average Bonchev–Trinajstić information content (AvgIpc) is 2.12. The lowest BCUT2D eigenvalue weighted by Gasteiger charge is -2.30. The van der Waals surface area contributed by atoms with Gasteiger partial charge in [-0.1, -0.05) is 32.9 Å². The molecule has 1 atom stereocenters. The van der Waals surface area contributed by atoms with Crippen LogP contribution in [0.1, 0.15) is 26.3 Å². The van der Waals surface area contributed by atoms with Crippen LogP contribution in [0.3, 0.4) is 0 Å². The summed E-state index contributed by atoms with van der Waals surface area (Å²) in [4.78, 5) is 0. The molecule has 1 nitrogen and oxygen atoms in total. The van der Waals surface area contributed by atoms with E-state index in [2.05, 4.69) is 26.1 Å². The van der Waals surface area contributed by atoms with E-state index in [1.165, 1.54) is 6.07 Å². The number of rotatable bonds is 3. The fourth-order valence-electron chi connectivity index (χ4n) is 1.74. The second-order valence-corrected chi connectivity index (χ2v) is 5.04. The quantitative estimate of drug-likeness (QED) is 0.807. The van der Waals surface area contributed by atoms with Crippen molar-refractivity contribution in [1.82, 2.24) is 5.32 Å². The Hall–Kier alpha value is -0.890. The fraction of sp³-hybridized carbons (Fsp3) is 0.538. The van der Waals surface area contributed by atoms with E-state index >= 15 is 0 Å². The summed E-state index contributed by atoms with van der Waals surface area (Å²) in [5.41, 5.74) is 1.23. The summed E-state index contributed by atoms with van der Waals surface area (Å²) < 4.78 is 13.0. The van der Waals surface area contributed by atoms with Crippen LogP contribution in [-0.2, 0) is 6.42 Å². The first-order valence-electron chi connectivity index (χ1n) is 5.35. The van der Waals surface area contributed by atoms with Crippen molar-refractivity contribution >= 4 is 0 Å². The maximum atomic E-state index is 13.0. The Morgan fingerprint density at radius 3 is 2.47 bits per heavy atom. The van der Waals surface area contributed by atoms with Crippen molar-refractivity contribution in [3.05, 3.63) is 35.6 Å². The van der Waals surface area contributed by atoms with Gasteiger partial charge in [0.1, 0.15) is 5.82 Å². The zero-order chi connectivity index (χ0) is 11.5. The molecule has 84 valence electrons. The molecule has 1 rings (SSSR count). The monoisotopic (exact) mass is 209 g/mol. The van der Waals surface area contributed by atoms with E-state index in [0.717, 1.165) is 12.0 Å². The van der Waals surface area contributed by atoms with Crippen molar-refractivity contribution in [3.8, 4) is 0 Å². The van der Waals surface area contributed by atoms with Gasteiger partial charge in [0.15, 0.2) is 0 Å². The van der Waals surface area contributed by atoms with Crippen molar-refractivity contribution in [2.75, 3.05) is 7.05 Å². The van der Waals surface area contributed by atoms with Crippen LogP contribution in [0, 0.1) is 11.2 Å². The minimum Gasteiger partial charge on any atom is -0.316 e. The number of halogens is 1. The predicted octanol–water partition coefficient (Wildman–Crippen LogP) is 3.00. The predicted molar refractivity (Wildman–Crippen MR) is 62.4 cm³/mol. The lowest BCUT2D eigenvalue weighted by Crippen LogP contribution is -2.39. The minimum absolute atomic E-state index is 0.156. The van der Waals surface area contributed by atoms with E-state index < -0.39 is 0 Å². The van der Waals surface area contributed by atoms with Crippen LogP contribution in [-0.4, -0.2) is 13.1 Å². The second-order valence-electron chi connectivity index (χ2n) is 5.04. The molecule has 0 aliphatic heterocycles. The van der Waals surface area contributed by atoms with E-state index in [4.69, 9.17) is 0 Å². The first-order valence-corrected chi connectivity index (χ1v) is 5.35. The number of hydrogen-bond acceptors (Lipinski definition) is 1. The lowest BCUT2D eigenvalue weighted by atomic mass is 9.83. The van der Waals surface area contributed by atoms with Gasteiger partial charge in [-0.15, -0.1) is 0 Å². The lowest BCUT2D eigenvalue weighted by molar-refractivity contribution is 0.279. The van der Waals surface area contributed by atoms with Crippen LogP contribution < -0.4 is 5.32 Å². The highest BCUT2D eigenvalue weighted by Gasteiger charge is 2.22. The third kappa shape index (κ3) is 3.63. The van der Waals surface area contributed by atoms with E-state index in [1.54, 1.807) is 12.1 Å². The van der Waals surface area contributed by atoms with Gasteiger partial charge in [0.25, 0.3) is 0 Å². The molecule has 1 unspecified atom stereocenters. The molecule has 0 aliphatic carbocycles. The molecule has 0 aromatic heterocycles. The Bertz CT molecular complexity index is 315. The summed E-state index contributed by atoms with van der Waals surface area (Å²) >= 11 is 0. The molecular weight excluding hydrogens is 189 g/mol. The maximum absolute atomic E-state index is 13.0. The Kier molecular flexibility index (Phi) is 3.86. The molecule has 0 saturated carbocycles. The van der Waals surface area contributed by atoms with E-state index in [0.29, 0.717) is 6.04 Å². The Labute approximate surface area is 91.7 Å². The van der Waals surface area contributed by atoms with Gasteiger partial charge < -0.3 is 5.32 Å². The molecule has 0 bridgehead atoms.